The molecular formula is C12H25ClN2O2. The van der Waals surface area contributed by atoms with Crippen molar-refractivity contribution < 1.29 is 9.53 Å². The molecule has 1 fully saturated rings. The second-order valence-corrected chi connectivity index (χ2v) is 4.89. The Balaban J connectivity index is 0.00000256. The first-order valence-electron chi connectivity index (χ1n) is 6.23. The van der Waals surface area contributed by atoms with Crippen molar-refractivity contribution in [1.82, 2.24) is 5.32 Å². The topological polar surface area (TPSA) is 64.3 Å². The number of carbonyl (C=O) groups excluding carboxylic acids is 1. The van der Waals surface area contributed by atoms with Gasteiger partial charge in [-0.1, -0.05) is 12.8 Å². The maximum Gasteiger partial charge on any atom is 0.240 e. The van der Waals surface area contributed by atoms with Crippen LogP contribution in [-0.2, 0) is 9.53 Å². The molecule has 5 heteroatoms. The minimum atomic E-state index is -0.598. The molecule has 0 aromatic heterocycles. The molecule has 0 unspecified atom stereocenters. The summed E-state index contributed by atoms with van der Waals surface area (Å²) >= 11 is 0. The van der Waals surface area contributed by atoms with Crippen LogP contribution in [0.1, 0.15) is 46.0 Å². The van der Waals surface area contributed by atoms with Crippen LogP contribution < -0.4 is 11.1 Å². The number of carbonyl (C=O) groups is 1. The van der Waals surface area contributed by atoms with Gasteiger partial charge in [-0.05, 0) is 33.1 Å². The summed E-state index contributed by atoms with van der Waals surface area (Å²) in [5.41, 5.74) is 5.42. The second kappa shape index (κ2) is 7.90. The average Bonchev–Trinajstić information content (AvgIpc) is 2.65. The van der Waals surface area contributed by atoms with Crippen molar-refractivity contribution in [2.24, 2.45) is 5.73 Å². The van der Waals surface area contributed by atoms with Gasteiger partial charge in [0.15, 0.2) is 0 Å². The third kappa shape index (κ3) is 5.70. The summed E-state index contributed by atoms with van der Waals surface area (Å²) in [6.45, 7) is 5.36. The van der Waals surface area contributed by atoms with E-state index < -0.39 is 5.54 Å². The van der Waals surface area contributed by atoms with Crippen LogP contribution in [0.2, 0.25) is 0 Å². The van der Waals surface area contributed by atoms with Gasteiger partial charge in [-0.3, -0.25) is 4.79 Å². The highest BCUT2D eigenvalue weighted by Crippen LogP contribution is 2.27. The zero-order valence-corrected chi connectivity index (χ0v) is 11.6. The lowest BCUT2D eigenvalue weighted by atomic mass is 9.98. The van der Waals surface area contributed by atoms with E-state index in [0.29, 0.717) is 13.2 Å². The second-order valence-electron chi connectivity index (χ2n) is 4.89. The molecule has 0 aliphatic heterocycles. The maximum absolute atomic E-state index is 11.8. The van der Waals surface area contributed by atoms with Crippen LogP contribution in [0.4, 0.5) is 0 Å². The van der Waals surface area contributed by atoms with Gasteiger partial charge >= 0.3 is 0 Å². The fraction of sp³-hybridized carbons (Fsp3) is 0.917. The molecule has 0 aromatic rings. The monoisotopic (exact) mass is 264 g/mol. The largest absolute Gasteiger partial charge is 0.379 e. The van der Waals surface area contributed by atoms with E-state index >= 15 is 0 Å². The van der Waals surface area contributed by atoms with Crippen LogP contribution >= 0.6 is 12.4 Å². The molecule has 1 amide bonds. The smallest absolute Gasteiger partial charge is 0.240 e. The van der Waals surface area contributed by atoms with Gasteiger partial charge in [0, 0.05) is 13.2 Å². The van der Waals surface area contributed by atoms with Gasteiger partial charge in [0.25, 0.3) is 0 Å². The number of hydrogen-bond acceptors (Lipinski definition) is 3. The lowest BCUT2D eigenvalue weighted by Crippen LogP contribution is -2.52. The minimum Gasteiger partial charge on any atom is -0.379 e. The van der Waals surface area contributed by atoms with E-state index in [1.165, 1.54) is 0 Å². The fourth-order valence-corrected chi connectivity index (χ4v) is 2.00. The maximum atomic E-state index is 11.8. The molecule has 0 bridgehead atoms. The van der Waals surface area contributed by atoms with E-state index in [0.717, 1.165) is 32.1 Å². The first-order valence-corrected chi connectivity index (χ1v) is 6.23. The van der Waals surface area contributed by atoms with Gasteiger partial charge in [-0.15, -0.1) is 12.4 Å². The van der Waals surface area contributed by atoms with Crippen LogP contribution in [0.3, 0.4) is 0 Å². The summed E-state index contributed by atoms with van der Waals surface area (Å²) in [7, 11) is 0. The Morgan fingerprint density at radius 2 is 2.00 bits per heavy atom. The van der Waals surface area contributed by atoms with Crippen LogP contribution in [0, 0.1) is 0 Å². The Kier molecular flexibility index (Phi) is 7.75. The van der Waals surface area contributed by atoms with Crippen LogP contribution in [0.15, 0.2) is 0 Å². The highest BCUT2D eigenvalue weighted by atomic mass is 35.5. The molecule has 0 aromatic carbocycles. The first-order chi connectivity index (χ1) is 7.54. The quantitative estimate of drug-likeness (QED) is 0.717. The average molecular weight is 265 g/mol. The van der Waals surface area contributed by atoms with Crippen molar-refractivity contribution in [3.63, 3.8) is 0 Å². The number of amides is 1. The molecular weight excluding hydrogens is 240 g/mol. The Bertz CT molecular complexity index is 229. The van der Waals surface area contributed by atoms with Crippen molar-refractivity contribution in [2.75, 3.05) is 13.2 Å². The van der Waals surface area contributed by atoms with Gasteiger partial charge in [-0.2, -0.15) is 0 Å². The molecule has 0 spiro atoms. The SMILES string of the molecule is CC(C)OCCCNC(=O)C1(N)CCCC1.Cl. The van der Waals surface area contributed by atoms with Crippen molar-refractivity contribution in [1.29, 1.82) is 0 Å². The number of nitrogens with two attached hydrogens (primary N) is 1. The Labute approximate surface area is 110 Å². The number of hydrogen-bond donors (Lipinski definition) is 2. The number of nitrogens with one attached hydrogen (secondary N) is 1. The van der Waals surface area contributed by atoms with Crippen molar-refractivity contribution in [3.05, 3.63) is 0 Å². The van der Waals surface area contributed by atoms with Crippen molar-refractivity contribution in [2.45, 2.75) is 57.6 Å². The van der Waals surface area contributed by atoms with E-state index in [2.05, 4.69) is 5.32 Å². The predicted octanol–water partition coefficient (Wildman–Crippen LogP) is 1.61. The van der Waals surface area contributed by atoms with Gasteiger partial charge < -0.3 is 15.8 Å². The predicted molar refractivity (Wildman–Crippen MR) is 71.3 cm³/mol. The van der Waals surface area contributed by atoms with Crippen LogP contribution in [0.5, 0.6) is 0 Å². The van der Waals surface area contributed by atoms with Gasteiger partial charge in [0.05, 0.1) is 11.6 Å². The lowest BCUT2D eigenvalue weighted by Gasteiger charge is -2.22. The van der Waals surface area contributed by atoms with E-state index in [9.17, 15) is 4.79 Å². The summed E-state index contributed by atoms with van der Waals surface area (Å²) in [4.78, 5) is 11.8. The minimum absolute atomic E-state index is 0. The lowest BCUT2D eigenvalue weighted by molar-refractivity contribution is -0.126. The zero-order valence-electron chi connectivity index (χ0n) is 10.8. The van der Waals surface area contributed by atoms with Crippen molar-refractivity contribution >= 4 is 18.3 Å². The highest BCUT2D eigenvalue weighted by molar-refractivity contribution is 5.86. The van der Waals surface area contributed by atoms with Crippen molar-refractivity contribution in [3.8, 4) is 0 Å². The number of halogens is 1. The highest BCUT2D eigenvalue weighted by Gasteiger charge is 2.36. The summed E-state index contributed by atoms with van der Waals surface area (Å²) in [5, 5.41) is 2.89. The Hall–Kier alpha value is -0.320. The van der Waals surface area contributed by atoms with E-state index in [-0.39, 0.29) is 24.4 Å². The van der Waals surface area contributed by atoms with Crippen LogP contribution in [0.25, 0.3) is 0 Å². The molecule has 0 heterocycles. The number of rotatable bonds is 6. The fourth-order valence-electron chi connectivity index (χ4n) is 2.00. The van der Waals surface area contributed by atoms with E-state index in [1.54, 1.807) is 0 Å². The molecule has 17 heavy (non-hydrogen) atoms. The summed E-state index contributed by atoms with van der Waals surface area (Å²) in [6.07, 6.45) is 4.88. The molecule has 0 atom stereocenters. The molecule has 1 aliphatic rings. The first kappa shape index (κ1) is 16.7. The van der Waals surface area contributed by atoms with E-state index in [1.807, 2.05) is 13.8 Å². The number of ether oxygens (including phenoxy) is 1. The summed E-state index contributed by atoms with van der Waals surface area (Å²) in [6, 6.07) is 0. The molecule has 0 radical (unpaired) electrons. The van der Waals surface area contributed by atoms with E-state index in [4.69, 9.17) is 10.5 Å². The molecule has 0 saturated heterocycles. The molecule has 1 rings (SSSR count). The normalized spacial score (nSPS) is 17.9. The zero-order chi connectivity index (χ0) is 12.0. The molecule has 3 N–H and O–H groups in total. The van der Waals surface area contributed by atoms with Gasteiger partial charge in [-0.25, -0.2) is 0 Å². The summed E-state index contributed by atoms with van der Waals surface area (Å²) < 4.78 is 5.39. The third-order valence-corrected chi connectivity index (χ3v) is 3.01. The van der Waals surface area contributed by atoms with Gasteiger partial charge in [0.2, 0.25) is 5.91 Å². The molecule has 1 aliphatic carbocycles. The molecule has 1 saturated carbocycles. The Morgan fingerprint density at radius 3 is 2.53 bits per heavy atom. The standard InChI is InChI=1S/C12H24N2O2.ClH/c1-10(2)16-9-5-8-14-11(15)12(13)6-3-4-7-12;/h10H,3-9,13H2,1-2H3,(H,14,15);1H. The molecule has 102 valence electrons. The summed E-state index contributed by atoms with van der Waals surface area (Å²) in [5.74, 6) is 0.00884. The van der Waals surface area contributed by atoms with Gasteiger partial charge in [0.1, 0.15) is 0 Å². The Morgan fingerprint density at radius 1 is 1.41 bits per heavy atom. The molecule has 4 nitrogen and oxygen atoms in total. The third-order valence-electron chi connectivity index (χ3n) is 3.01. The van der Waals surface area contributed by atoms with Crippen LogP contribution in [-0.4, -0.2) is 30.7 Å².